The summed E-state index contributed by atoms with van der Waals surface area (Å²) in [6, 6.07) is 0. The van der Waals surface area contributed by atoms with Gasteiger partial charge in [0.2, 0.25) is 0 Å². The van der Waals surface area contributed by atoms with Gasteiger partial charge in [-0.15, -0.1) is 0 Å². The van der Waals surface area contributed by atoms with Crippen molar-refractivity contribution in [3.63, 3.8) is 0 Å². The zero-order valence-electron chi connectivity index (χ0n) is 12.6. The van der Waals surface area contributed by atoms with Crippen LogP contribution in [0, 0.1) is 0 Å². The highest BCUT2D eigenvalue weighted by Crippen LogP contribution is 2.04. The van der Waals surface area contributed by atoms with Crippen LogP contribution in [-0.2, 0) is 19.1 Å². The first-order valence-corrected chi connectivity index (χ1v) is 7.07. The van der Waals surface area contributed by atoms with Crippen molar-refractivity contribution in [3.8, 4) is 0 Å². The van der Waals surface area contributed by atoms with E-state index in [0.717, 1.165) is 0 Å². The van der Waals surface area contributed by atoms with Gasteiger partial charge in [0.15, 0.2) is 0 Å². The van der Waals surface area contributed by atoms with Crippen LogP contribution < -0.4 is 5.32 Å². The minimum absolute atomic E-state index is 0.321. The zero-order valence-corrected chi connectivity index (χ0v) is 12.6. The van der Waals surface area contributed by atoms with E-state index in [1.54, 1.807) is 14.0 Å². The molecule has 21 heavy (non-hydrogen) atoms. The Kier molecular flexibility index (Phi) is 7.52. The first-order chi connectivity index (χ1) is 10.1. The van der Waals surface area contributed by atoms with Crippen LogP contribution in [0.1, 0.15) is 13.3 Å². The molecule has 0 radical (unpaired) electrons. The number of amides is 3. The Morgan fingerprint density at radius 3 is 2.29 bits per heavy atom. The molecule has 1 saturated heterocycles. The van der Waals surface area contributed by atoms with Gasteiger partial charge in [-0.3, -0.25) is 9.59 Å². The molecule has 0 spiro atoms. The fourth-order valence-electron chi connectivity index (χ4n) is 1.94. The first kappa shape index (κ1) is 17.2. The molecule has 1 N–H and O–H groups in total. The number of carbonyl (C=O) groups is 3. The normalized spacial score (nSPS) is 14.8. The number of methoxy groups -OCH3 is 1. The topological polar surface area (TPSA) is 88.2 Å². The SMILES string of the molecule is CCOC(=O)N1CCN(C(=O)C(=O)NCCCOC)CC1. The summed E-state index contributed by atoms with van der Waals surface area (Å²) in [5, 5.41) is 2.55. The highest BCUT2D eigenvalue weighted by atomic mass is 16.6. The van der Waals surface area contributed by atoms with E-state index in [1.807, 2.05) is 0 Å². The summed E-state index contributed by atoms with van der Waals surface area (Å²) >= 11 is 0. The summed E-state index contributed by atoms with van der Waals surface area (Å²) in [5.41, 5.74) is 0. The molecular weight excluding hydrogens is 278 g/mol. The lowest BCUT2D eigenvalue weighted by Gasteiger charge is -2.33. The van der Waals surface area contributed by atoms with Crippen LogP contribution in [-0.4, -0.2) is 80.8 Å². The van der Waals surface area contributed by atoms with Gasteiger partial charge in [0, 0.05) is 46.4 Å². The van der Waals surface area contributed by atoms with Crippen LogP contribution in [0.2, 0.25) is 0 Å². The molecule has 8 nitrogen and oxygen atoms in total. The van der Waals surface area contributed by atoms with Gasteiger partial charge in [-0.2, -0.15) is 0 Å². The molecule has 3 amide bonds. The Labute approximate surface area is 124 Å². The zero-order chi connectivity index (χ0) is 15.7. The van der Waals surface area contributed by atoms with Crippen LogP contribution in [0.15, 0.2) is 0 Å². The standard InChI is InChI=1S/C13H23N3O5/c1-3-21-13(19)16-8-6-15(7-9-16)12(18)11(17)14-5-4-10-20-2/h3-10H2,1-2H3,(H,14,17). The van der Waals surface area contributed by atoms with Crippen LogP contribution >= 0.6 is 0 Å². The van der Waals surface area contributed by atoms with Gasteiger partial charge in [-0.25, -0.2) is 4.79 Å². The molecule has 0 unspecified atom stereocenters. The molecule has 0 bridgehead atoms. The molecule has 1 rings (SSSR count). The molecule has 0 saturated carbocycles. The van der Waals surface area contributed by atoms with Gasteiger partial charge in [0.05, 0.1) is 6.61 Å². The number of rotatable bonds is 5. The van der Waals surface area contributed by atoms with E-state index in [1.165, 1.54) is 9.80 Å². The van der Waals surface area contributed by atoms with Gasteiger partial charge in [-0.1, -0.05) is 0 Å². The number of hydrogen-bond acceptors (Lipinski definition) is 5. The molecule has 120 valence electrons. The third kappa shape index (κ3) is 5.58. The summed E-state index contributed by atoms with van der Waals surface area (Å²) in [6.07, 6.45) is 0.278. The van der Waals surface area contributed by atoms with Crippen LogP contribution in [0.5, 0.6) is 0 Å². The molecule has 1 aliphatic heterocycles. The number of nitrogens with one attached hydrogen (secondary N) is 1. The Balaban J connectivity index is 2.31. The molecule has 0 atom stereocenters. The van der Waals surface area contributed by atoms with E-state index < -0.39 is 11.8 Å². The second-order valence-electron chi connectivity index (χ2n) is 4.58. The minimum Gasteiger partial charge on any atom is -0.450 e. The van der Waals surface area contributed by atoms with Gasteiger partial charge in [0.25, 0.3) is 0 Å². The van der Waals surface area contributed by atoms with Gasteiger partial charge in [-0.05, 0) is 13.3 Å². The lowest BCUT2D eigenvalue weighted by atomic mass is 10.3. The lowest BCUT2D eigenvalue weighted by Crippen LogP contribution is -2.54. The van der Waals surface area contributed by atoms with Crippen LogP contribution in [0.25, 0.3) is 0 Å². The summed E-state index contributed by atoms with van der Waals surface area (Å²) in [4.78, 5) is 38.1. The molecule has 1 fully saturated rings. The van der Waals surface area contributed by atoms with Crippen molar-refractivity contribution in [1.82, 2.24) is 15.1 Å². The van der Waals surface area contributed by atoms with E-state index in [2.05, 4.69) is 5.32 Å². The van der Waals surface area contributed by atoms with Crippen LogP contribution in [0.3, 0.4) is 0 Å². The van der Waals surface area contributed by atoms with Crippen LogP contribution in [0.4, 0.5) is 4.79 Å². The molecule has 0 aliphatic carbocycles. The predicted molar refractivity (Wildman–Crippen MR) is 74.7 cm³/mol. The fourth-order valence-corrected chi connectivity index (χ4v) is 1.94. The molecule has 1 aliphatic rings. The van der Waals surface area contributed by atoms with Crippen molar-refractivity contribution in [3.05, 3.63) is 0 Å². The van der Waals surface area contributed by atoms with Gasteiger partial charge >= 0.3 is 17.9 Å². The van der Waals surface area contributed by atoms with E-state index in [9.17, 15) is 14.4 Å². The van der Waals surface area contributed by atoms with Crippen molar-refractivity contribution < 1.29 is 23.9 Å². The monoisotopic (exact) mass is 301 g/mol. The number of hydrogen-bond donors (Lipinski definition) is 1. The maximum absolute atomic E-state index is 11.9. The average molecular weight is 301 g/mol. The minimum atomic E-state index is -0.615. The number of piperazine rings is 1. The summed E-state index contributed by atoms with van der Waals surface area (Å²) in [5.74, 6) is -1.17. The van der Waals surface area contributed by atoms with Crippen molar-refractivity contribution in [2.24, 2.45) is 0 Å². The summed E-state index contributed by atoms with van der Waals surface area (Å²) in [7, 11) is 1.58. The Morgan fingerprint density at radius 1 is 1.10 bits per heavy atom. The molecule has 8 heteroatoms. The van der Waals surface area contributed by atoms with Crippen molar-refractivity contribution in [2.75, 3.05) is 53.0 Å². The molecular formula is C13H23N3O5. The highest BCUT2D eigenvalue weighted by Gasteiger charge is 2.28. The molecule has 1 heterocycles. The van der Waals surface area contributed by atoms with Gasteiger partial charge < -0.3 is 24.6 Å². The third-order valence-corrected chi connectivity index (χ3v) is 3.10. The Morgan fingerprint density at radius 2 is 1.71 bits per heavy atom. The Bertz CT molecular complexity index is 367. The smallest absolute Gasteiger partial charge is 0.409 e. The predicted octanol–water partition coefficient (Wildman–Crippen LogP) is -0.560. The van der Waals surface area contributed by atoms with Gasteiger partial charge in [0.1, 0.15) is 0 Å². The molecule has 0 aromatic rings. The van der Waals surface area contributed by atoms with E-state index in [-0.39, 0.29) is 6.09 Å². The summed E-state index contributed by atoms with van der Waals surface area (Å²) < 4.78 is 9.75. The first-order valence-electron chi connectivity index (χ1n) is 7.07. The third-order valence-electron chi connectivity index (χ3n) is 3.10. The van der Waals surface area contributed by atoms with E-state index >= 15 is 0 Å². The van der Waals surface area contributed by atoms with Crippen molar-refractivity contribution in [1.29, 1.82) is 0 Å². The van der Waals surface area contributed by atoms with E-state index in [4.69, 9.17) is 9.47 Å². The quantitative estimate of drug-likeness (QED) is 0.543. The van der Waals surface area contributed by atoms with E-state index in [0.29, 0.717) is 52.4 Å². The highest BCUT2D eigenvalue weighted by molar-refractivity contribution is 6.35. The maximum Gasteiger partial charge on any atom is 0.409 e. The second kappa shape index (κ2) is 9.17. The average Bonchev–Trinajstić information content (AvgIpc) is 2.51. The molecule has 0 aromatic carbocycles. The number of ether oxygens (including phenoxy) is 2. The number of nitrogens with zero attached hydrogens (tertiary/aromatic N) is 2. The second-order valence-corrected chi connectivity index (χ2v) is 4.58. The molecule has 0 aromatic heterocycles. The van der Waals surface area contributed by atoms with Crippen molar-refractivity contribution >= 4 is 17.9 Å². The van der Waals surface area contributed by atoms with Crippen molar-refractivity contribution in [2.45, 2.75) is 13.3 Å². The fraction of sp³-hybridized carbons (Fsp3) is 0.769. The summed E-state index contributed by atoms with van der Waals surface area (Å²) in [6.45, 7) is 4.43. The number of carbonyl (C=O) groups excluding carboxylic acids is 3. The lowest BCUT2D eigenvalue weighted by molar-refractivity contribution is -0.146. The maximum atomic E-state index is 11.9. The largest absolute Gasteiger partial charge is 0.450 e. The Hall–Kier alpha value is -1.83.